The summed E-state index contributed by atoms with van der Waals surface area (Å²) in [4.78, 5) is 28.5. The topological polar surface area (TPSA) is 85.0 Å². The highest BCUT2D eigenvalue weighted by Crippen LogP contribution is 2.27. The lowest BCUT2D eigenvalue weighted by Crippen LogP contribution is -2.43. The quantitative estimate of drug-likeness (QED) is 0.381. The number of amides is 2. The largest absolute Gasteiger partial charge is 0.482 e. The first-order chi connectivity index (χ1) is 12.3. The van der Waals surface area contributed by atoms with Gasteiger partial charge in [-0.15, -0.1) is 0 Å². The van der Waals surface area contributed by atoms with E-state index in [4.69, 9.17) is 33.8 Å². The van der Waals surface area contributed by atoms with Gasteiger partial charge < -0.3 is 4.74 Å². The number of hydrogen-bond donors (Lipinski definition) is 1. The Bertz CT molecular complexity index is 1060. The molecule has 2 amide bonds. The Morgan fingerprint density at radius 2 is 1.96 bits per heavy atom. The molecule has 0 bridgehead atoms. The Balaban J connectivity index is 1.86. The average Bonchev–Trinajstić information content (AvgIpc) is 2.89. The Kier molecular flexibility index (Phi) is 5.69. The summed E-state index contributed by atoms with van der Waals surface area (Å²) in [6.45, 7) is -0.418. The van der Waals surface area contributed by atoms with E-state index in [9.17, 15) is 9.59 Å². The molecule has 6 nitrogen and oxygen atoms in total. The van der Waals surface area contributed by atoms with Gasteiger partial charge >= 0.3 is 0 Å². The van der Waals surface area contributed by atoms with E-state index in [2.05, 4.69) is 36.9 Å². The lowest BCUT2D eigenvalue weighted by molar-refractivity contribution is -0.131. The van der Waals surface area contributed by atoms with Gasteiger partial charge in [-0.05, 0) is 46.3 Å². The number of hydrogen-bond acceptors (Lipinski definition) is 4. The summed E-state index contributed by atoms with van der Waals surface area (Å²) in [5.41, 5.74) is -0.0298. The molecule has 0 atom stereocenters. The van der Waals surface area contributed by atoms with Crippen molar-refractivity contribution in [3.63, 3.8) is 0 Å². The molecule has 0 aliphatic carbocycles. The molecule has 0 fully saturated rings. The number of nitrogens with two attached hydrogens (primary N) is 1. The molecule has 26 heavy (non-hydrogen) atoms. The minimum Gasteiger partial charge on any atom is -0.482 e. The summed E-state index contributed by atoms with van der Waals surface area (Å²) in [6, 6.07) is 8.00. The van der Waals surface area contributed by atoms with Crippen LogP contribution in [-0.4, -0.2) is 23.4 Å². The Hall–Kier alpha value is -1.45. The van der Waals surface area contributed by atoms with Crippen molar-refractivity contribution in [1.82, 2.24) is 5.01 Å². The zero-order chi connectivity index (χ0) is 19.0. The van der Waals surface area contributed by atoms with Crippen molar-refractivity contribution in [3.8, 4) is 5.75 Å². The summed E-state index contributed by atoms with van der Waals surface area (Å²) in [5.74, 6) is 4.88. The first-order valence-electron chi connectivity index (χ1n) is 7.06. The van der Waals surface area contributed by atoms with Crippen molar-refractivity contribution in [1.29, 1.82) is 0 Å². The lowest BCUT2D eigenvalue weighted by atomic mass is 10.2. The Morgan fingerprint density at radius 1 is 1.23 bits per heavy atom. The van der Waals surface area contributed by atoms with Gasteiger partial charge in [-0.25, -0.2) is 15.8 Å². The number of nitrogens with zero attached hydrogens (tertiary/aromatic N) is 2. The molecule has 1 aliphatic rings. The third-order valence-corrected chi connectivity index (χ3v) is 5.05. The molecule has 2 aromatic rings. The molecule has 3 rings (SSSR count). The van der Waals surface area contributed by atoms with E-state index in [-0.39, 0.29) is 16.5 Å². The summed E-state index contributed by atoms with van der Waals surface area (Å²) in [5, 5.41) is 2.29. The molecule has 0 unspecified atom stereocenters. The highest BCUT2D eigenvalue weighted by molar-refractivity contribution is 9.11. The first kappa shape index (κ1) is 19.3. The highest BCUT2D eigenvalue weighted by atomic mass is 79.9. The number of rotatable bonds is 4. The van der Waals surface area contributed by atoms with Gasteiger partial charge in [0.05, 0.1) is 10.4 Å². The van der Waals surface area contributed by atoms with Crippen LogP contribution < -0.4 is 21.2 Å². The predicted molar refractivity (Wildman–Crippen MR) is 104 cm³/mol. The van der Waals surface area contributed by atoms with Gasteiger partial charge in [-0.3, -0.25) is 9.59 Å². The molecule has 0 spiro atoms. The van der Waals surface area contributed by atoms with E-state index < -0.39 is 18.4 Å². The van der Waals surface area contributed by atoms with E-state index in [1.165, 1.54) is 12.1 Å². The average molecular weight is 522 g/mol. The normalized spacial score (nSPS) is 12.7. The Morgan fingerprint density at radius 3 is 2.65 bits per heavy atom. The van der Waals surface area contributed by atoms with Gasteiger partial charge in [-0.1, -0.05) is 39.1 Å². The molecule has 0 aromatic heterocycles. The summed E-state index contributed by atoms with van der Waals surface area (Å²) < 4.78 is 6.68. The number of fused-ring (bicyclic) bond motifs is 1. The van der Waals surface area contributed by atoms with E-state index in [0.29, 0.717) is 24.5 Å². The molecule has 0 saturated heterocycles. The number of ether oxygens (including phenoxy) is 1. The number of benzene rings is 2. The number of carbonyl (C=O) groups excluding carboxylic acids is 2. The molecule has 2 N–H and O–H groups in total. The standard InChI is InChI=1S/C16H9Br2Cl2N3O3/c17-7-3-9-14(10(18)4-7)22-16(25)15(9)23(21)13(24)6-26-12-2-1-8(19)5-11(12)20/h1-5H,6,21H2. The molecule has 1 aliphatic heterocycles. The fourth-order valence-electron chi connectivity index (χ4n) is 2.29. The fourth-order valence-corrected chi connectivity index (χ4v) is 4.07. The van der Waals surface area contributed by atoms with E-state index in [1.54, 1.807) is 18.2 Å². The van der Waals surface area contributed by atoms with Crippen molar-refractivity contribution in [3.05, 3.63) is 59.9 Å². The molecule has 134 valence electrons. The first-order valence-corrected chi connectivity index (χ1v) is 9.40. The van der Waals surface area contributed by atoms with Crippen LogP contribution in [0.2, 0.25) is 10.0 Å². The third-order valence-electron chi connectivity index (χ3n) is 3.45. The summed E-state index contributed by atoms with van der Waals surface area (Å²) in [6.07, 6.45) is 0. The number of hydrazine groups is 1. The third kappa shape index (κ3) is 3.79. The second-order valence-corrected chi connectivity index (χ2v) is 7.79. The minimum atomic E-state index is -0.640. The van der Waals surface area contributed by atoms with Crippen LogP contribution in [0.3, 0.4) is 0 Å². The minimum absolute atomic E-state index is 0.0298. The van der Waals surface area contributed by atoms with E-state index >= 15 is 0 Å². The predicted octanol–water partition coefficient (Wildman–Crippen LogP) is 2.57. The van der Waals surface area contributed by atoms with E-state index in [1.807, 2.05) is 0 Å². The summed E-state index contributed by atoms with van der Waals surface area (Å²) >= 11 is 18.5. The number of halogens is 4. The molecule has 0 saturated carbocycles. The zero-order valence-corrected chi connectivity index (χ0v) is 17.5. The van der Waals surface area contributed by atoms with Crippen molar-refractivity contribution in [2.45, 2.75) is 0 Å². The van der Waals surface area contributed by atoms with Crippen LogP contribution in [-0.2, 0) is 9.59 Å². The van der Waals surface area contributed by atoms with Crippen LogP contribution in [0, 0.1) is 0 Å². The van der Waals surface area contributed by atoms with Crippen LogP contribution >= 0.6 is 55.1 Å². The van der Waals surface area contributed by atoms with Gasteiger partial charge in [0, 0.05) is 19.2 Å². The van der Waals surface area contributed by atoms with Crippen LogP contribution in [0.4, 0.5) is 0 Å². The second-order valence-electron chi connectivity index (χ2n) is 5.18. The van der Waals surface area contributed by atoms with Gasteiger partial charge in [0.2, 0.25) is 0 Å². The van der Waals surface area contributed by atoms with Gasteiger partial charge in [-0.2, -0.15) is 0 Å². The smallest absolute Gasteiger partial charge is 0.296 e. The van der Waals surface area contributed by atoms with Crippen LogP contribution in [0.1, 0.15) is 0 Å². The maximum atomic E-state index is 12.4. The van der Waals surface area contributed by atoms with Crippen molar-refractivity contribution in [2.24, 2.45) is 10.8 Å². The summed E-state index contributed by atoms with van der Waals surface area (Å²) in [7, 11) is 0. The van der Waals surface area contributed by atoms with Crippen molar-refractivity contribution < 1.29 is 14.3 Å². The van der Waals surface area contributed by atoms with E-state index in [0.717, 1.165) is 5.01 Å². The van der Waals surface area contributed by atoms with Crippen LogP contribution in [0.15, 0.2) is 44.3 Å². The molecular formula is C16H9Br2Cl2N3O3. The molecular weight excluding hydrogens is 513 g/mol. The van der Waals surface area contributed by atoms with Crippen LogP contribution in [0.25, 0.3) is 5.70 Å². The maximum absolute atomic E-state index is 12.4. The molecule has 10 heteroatoms. The lowest BCUT2D eigenvalue weighted by Gasteiger charge is -2.17. The fraction of sp³-hybridized carbons (Fsp3) is 0.0625. The highest BCUT2D eigenvalue weighted by Gasteiger charge is 2.27. The Labute approximate surface area is 174 Å². The molecule has 1 heterocycles. The van der Waals surface area contributed by atoms with Gasteiger partial charge in [0.15, 0.2) is 6.61 Å². The monoisotopic (exact) mass is 519 g/mol. The molecule has 0 radical (unpaired) electrons. The second kappa shape index (κ2) is 7.66. The SMILES string of the molecule is NN(C(=O)COc1ccc(Cl)cc1Cl)C1=c2cc(Br)cc(Br)c2=NC1=O. The van der Waals surface area contributed by atoms with Gasteiger partial charge in [0.1, 0.15) is 11.4 Å². The molecule has 2 aromatic carbocycles. The zero-order valence-electron chi connectivity index (χ0n) is 12.8. The van der Waals surface area contributed by atoms with Crippen molar-refractivity contribution >= 4 is 72.6 Å². The number of carbonyl (C=O) groups is 2. The maximum Gasteiger partial charge on any atom is 0.296 e. The van der Waals surface area contributed by atoms with Crippen LogP contribution in [0.5, 0.6) is 5.75 Å². The van der Waals surface area contributed by atoms with Gasteiger partial charge in [0.25, 0.3) is 11.8 Å². The van der Waals surface area contributed by atoms with Crippen molar-refractivity contribution in [2.75, 3.05) is 6.61 Å².